The summed E-state index contributed by atoms with van der Waals surface area (Å²) in [4.78, 5) is 38.9. The van der Waals surface area contributed by atoms with Gasteiger partial charge < -0.3 is 9.47 Å². The topological polar surface area (TPSA) is 72.9 Å². The summed E-state index contributed by atoms with van der Waals surface area (Å²) in [5, 5.41) is 0. The molecule has 1 unspecified atom stereocenters. The molecule has 0 aromatic rings. The third kappa shape index (κ3) is 2.81. The minimum absolute atomic E-state index is 0.0693. The van der Waals surface area contributed by atoms with Crippen molar-refractivity contribution >= 4 is 17.7 Å². The summed E-state index contributed by atoms with van der Waals surface area (Å²) in [5.74, 6) is -1.02. The van der Waals surface area contributed by atoms with Crippen LogP contribution in [-0.2, 0) is 23.9 Å². The normalized spacial score (nSPS) is 25.0. The molecule has 6 nitrogen and oxygen atoms in total. The van der Waals surface area contributed by atoms with E-state index in [0.717, 1.165) is 19.4 Å². The van der Waals surface area contributed by atoms with Crippen molar-refractivity contribution in [1.29, 1.82) is 0 Å². The molecule has 2 aliphatic heterocycles. The Morgan fingerprint density at radius 1 is 1.19 bits per heavy atom. The SMILES string of the molecule is CCOC(=O)C1(C(=O)OCC)CCCCN2CC(=O)CC21. The predicted molar refractivity (Wildman–Crippen MR) is 74.5 cm³/mol. The van der Waals surface area contributed by atoms with Gasteiger partial charge in [0.25, 0.3) is 0 Å². The highest BCUT2D eigenvalue weighted by Gasteiger charge is 2.59. The van der Waals surface area contributed by atoms with Gasteiger partial charge in [0, 0.05) is 12.5 Å². The molecule has 2 rings (SSSR count). The van der Waals surface area contributed by atoms with E-state index in [2.05, 4.69) is 0 Å². The lowest BCUT2D eigenvalue weighted by molar-refractivity contribution is -0.177. The van der Waals surface area contributed by atoms with Crippen LogP contribution in [0.5, 0.6) is 0 Å². The lowest BCUT2D eigenvalue weighted by Gasteiger charge is -2.36. The quantitative estimate of drug-likeness (QED) is 0.568. The summed E-state index contributed by atoms with van der Waals surface area (Å²) in [6, 6.07) is -0.425. The predicted octanol–water partition coefficient (Wildman–Crippen LogP) is 0.926. The number of fused-ring (bicyclic) bond motifs is 1. The second kappa shape index (κ2) is 6.56. The second-order valence-corrected chi connectivity index (χ2v) is 5.60. The van der Waals surface area contributed by atoms with Crippen LogP contribution in [0.4, 0.5) is 0 Å². The molecule has 0 aromatic carbocycles. The maximum absolute atomic E-state index is 12.6. The van der Waals surface area contributed by atoms with Gasteiger partial charge in [0.05, 0.1) is 19.8 Å². The third-order valence-corrected chi connectivity index (χ3v) is 4.36. The van der Waals surface area contributed by atoms with E-state index < -0.39 is 23.4 Å². The molecule has 2 heterocycles. The molecule has 0 bridgehead atoms. The molecule has 0 radical (unpaired) electrons. The first-order valence-corrected chi connectivity index (χ1v) is 7.66. The number of ketones is 1. The Morgan fingerprint density at radius 3 is 2.38 bits per heavy atom. The van der Waals surface area contributed by atoms with Crippen molar-refractivity contribution in [2.24, 2.45) is 5.41 Å². The van der Waals surface area contributed by atoms with Crippen molar-refractivity contribution in [3.8, 4) is 0 Å². The van der Waals surface area contributed by atoms with Crippen LogP contribution in [-0.4, -0.2) is 55.0 Å². The smallest absolute Gasteiger partial charge is 0.325 e. The minimum Gasteiger partial charge on any atom is -0.465 e. The van der Waals surface area contributed by atoms with Gasteiger partial charge in [-0.05, 0) is 33.2 Å². The molecule has 0 aromatic heterocycles. The molecule has 0 amide bonds. The lowest BCUT2D eigenvalue weighted by atomic mass is 9.75. The van der Waals surface area contributed by atoms with Crippen LogP contribution in [0, 0.1) is 5.41 Å². The highest BCUT2D eigenvalue weighted by atomic mass is 16.6. The van der Waals surface area contributed by atoms with Crippen LogP contribution < -0.4 is 0 Å². The van der Waals surface area contributed by atoms with Crippen LogP contribution in [0.15, 0.2) is 0 Å². The summed E-state index contributed by atoms with van der Waals surface area (Å²) in [6.45, 7) is 4.89. The summed E-state index contributed by atoms with van der Waals surface area (Å²) in [5.41, 5.74) is -1.35. The largest absolute Gasteiger partial charge is 0.465 e. The number of rotatable bonds is 4. The summed E-state index contributed by atoms with van der Waals surface area (Å²) >= 11 is 0. The Balaban J connectivity index is 2.41. The van der Waals surface area contributed by atoms with Crippen LogP contribution in [0.3, 0.4) is 0 Å². The van der Waals surface area contributed by atoms with Gasteiger partial charge in [-0.2, -0.15) is 0 Å². The molecule has 0 aliphatic carbocycles. The van der Waals surface area contributed by atoms with E-state index in [1.54, 1.807) is 13.8 Å². The van der Waals surface area contributed by atoms with Gasteiger partial charge in [-0.15, -0.1) is 0 Å². The first kappa shape index (κ1) is 15.9. The number of hydrogen-bond donors (Lipinski definition) is 0. The Bertz CT molecular complexity index is 416. The number of esters is 2. The van der Waals surface area contributed by atoms with E-state index in [4.69, 9.17) is 9.47 Å². The number of Topliss-reactive ketones (excluding diaryl/α,β-unsaturated/α-hetero) is 1. The molecule has 1 atom stereocenters. The Morgan fingerprint density at radius 2 is 1.81 bits per heavy atom. The first-order valence-electron chi connectivity index (χ1n) is 7.66. The Labute approximate surface area is 124 Å². The molecular weight excluding hydrogens is 274 g/mol. The van der Waals surface area contributed by atoms with Crippen LogP contribution in [0.25, 0.3) is 0 Å². The number of ether oxygens (including phenoxy) is 2. The Kier molecular flexibility index (Phi) is 4.98. The van der Waals surface area contributed by atoms with Gasteiger partial charge in [-0.1, -0.05) is 6.42 Å². The van der Waals surface area contributed by atoms with Gasteiger partial charge >= 0.3 is 11.9 Å². The van der Waals surface area contributed by atoms with Crippen molar-refractivity contribution in [3.05, 3.63) is 0 Å². The zero-order valence-corrected chi connectivity index (χ0v) is 12.7. The molecule has 2 aliphatic rings. The van der Waals surface area contributed by atoms with Crippen molar-refractivity contribution in [2.75, 3.05) is 26.3 Å². The van der Waals surface area contributed by atoms with E-state index in [1.165, 1.54) is 0 Å². The number of carbonyl (C=O) groups excluding carboxylic acids is 3. The fourth-order valence-electron chi connectivity index (χ4n) is 3.43. The summed E-state index contributed by atoms with van der Waals surface area (Å²) in [7, 11) is 0. The molecule has 0 spiro atoms. The molecule has 21 heavy (non-hydrogen) atoms. The van der Waals surface area contributed by atoms with Crippen molar-refractivity contribution in [1.82, 2.24) is 4.90 Å². The second-order valence-electron chi connectivity index (χ2n) is 5.60. The maximum atomic E-state index is 12.6. The van der Waals surface area contributed by atoms with Gasteiger partial charge in [0.2, 0.25) is 0 Å². The number of carbonyl (C=O) groups is 3. The average molecular weight is 297 g/mol. The zero-order chi connectivity index (χ0) is 15.5. The zero-order valence-electron chi connectivity index (χ0n) is 12.7. The fourth-order valence-corrected chi connectivity index (χ4v) is 3.43. The van der Waals surface area contributed by atoms with E-state index >= 15 is 0 Å². The monoisotopic (exact) mass is 297 g/mol. The number of nitrogens with zero attached hydrogens (tertiary/aromatic N) is 1. The van der Waals surface area contributed by atoms with Crippen molar-refractivity contribution < 1.29 is 23.9 Å². The molecule has 6 heteroatoms. The summed E-state index contributed by atoms with van der Waals surface area (Å²) < 4.78 is 10.3. The van der Waals surface area contributed by atoms with Gasteiger partial charge in [-0.25, -0.2) is 0 Å². The minimum atomic E-state index is -1.35. The molecule has 0 N–H and O–H groups in total. The van der Waals surface area contributed by atoms with Crippen LogP contribution >= 0.6 is 0 Å². The highest BCUT2D eigenvalue weighted by molar-refractivity contribution is 6.02. The first-order chi connectivity index (χ1) is 10.1. The highest BCUT2D eigenvalue weighted by Crippen LogP contribution is 2.42. The Hall–Kier alpha value is -1.43. The average Bonchev–Trinajstić information content (AvgIpc) is 2.71. The molecular formula is C15H23NO5. The molecule has 2 fully saturated rings. The van der Waals surface area contributed by atoms with Crippen molar-refractivity contribution in [3.63, 3.8) is 0 Å². The lowest BCUT2D eigenvalue weighted by Crippen LogP contribution is -2.54. The van der Waals surface area contributed by atoms with Gasteiger partial charge in [0.15, 0.2) is 5.41 Å². The van der Waals surface area contributed by atoms with E-state index in [-0.39, 0.29) is 25.4 Å². The van der Waals surface area contributed by atoms with Gasteiger partial charge in [0.1, 0.15) is 5.78 Å². The number of hydrogen-bond acceptors (Lipinski definition) is 6. The fraction of sp³-hybridized carbons (Fsp3) is 0.800. The van der Waals surface area contributed by atoms with Gasteiger partial charge in [-0.3, -0.25) is 19.3 Å². The van der Waals surface area contributed by atoms with E-state index in [0.29, 0.717) is 13.0 Å². The van der Waals surface area contributed by atoms with E-state index in [9.17, 15) is 14.4 Å². The van der Waals surface area contributed by atoms with Crippen LogP contribution in [0.2, 0.25) is 0 Å². The molecule has 0 saturated carbocycles. The van der Waals surface area contributed by atoms with E-state index in [1.807, 2.05) is 4.90 Å². The molecule has 118 valence electrons. The maximum Gasteiger partial charge on any atom is 0.325 e. The molecule has 2 saturated heterocycles. The summed E-state index contributed by atoms with van der Waals surface area (Å²) in [6.07, 6.45) is 2.22. The third-order valence-electron chi connectivity index (χ3n) is 4.36. The standard InChI is InChI=1S/C15H23NO5/c1-3-20-13(18)15(14(19)21-4-2)7-5-6-8-16-10-11(17)9-12(15)16/h12H,3-10H2,1-2H3. The van der Waals surface area contributed by atoms with Crippen molar-refractivity contribution in [2.45, 2.75) is 45.6 Å². The van der Waals surface area contributed by atoms with Crippen LogP contribution in [0.1, 0.15) is 39.5 Å².